The molecule has 0 aliphatic rings. The number of carbonyl (C=O) groups excluding carboxylic acids is 1. The van der Waals surface area contributed by atoms with Crippen molar-refractivity contribution >= 4 is 15.7 Å². The van der Waals surface area contributed by atoms with Crippen LogP contribution in [0.4, 0.5) is 17.6 Å². The van der Waals surface area contributed by atoms with Crippen LogP contribution in [-0.4, -0.2) is 26.3 Å². The summed E-state index contributed by atoms with van der Waals surface area (Å²) in [6.45, 7) is 0. The Kier molecular flexibility index (Phi) is 6.41. The van der Waals surface area contributed by atoms with Crippen molar-refractivity contribution in [1.29, 1.82) is 5.26 Å². The Balaban J connectivity index is 2.10. The molecule has 0 bridgehead atoms. The van der Waals surface area contributed by atoms with E-state index in [9.17, 15) is 30.8 Å². The van der Waals surface area contributed by atoms with Gasteiger partial charge in [0.15, 0.2) is 15.9 Å². The van der Waals surface area contributed by atoms with Crippen molar-refractivity contribution in [2.75, 3.05) is 5.75 Å². The van der Waals surface area contributed by atoms with Crippen molar-refractivity contribution in [3.63, 3.8) is 0 Å². The van der Waals surface area contributed by atoms with Crippen LogP contribution in [-0.2, 0) is 20.4 Å². The lowest BCUT2D eigenvalue weighted by Crippen LogP contribution is -2.40. The number of nitrogens with zero attached hydrogens (tertiary/aromatic N) is 1. The number of rotatable bonds is 6. The first kappa shape index (κ1) is 21.4. The molecule has 0 aliphatic heterocycles. The molecule has 2 aromatic carbocycles. The third-order valence-electron chi connectivity index (χ3n) is 3.66. The van der Waals surface area contributed by atoms with Gasteiger partial charge in [0.2, 0.25) is 5.91 Å². The summed E-state index contributed by atoms with van der Waals surface area (Å²) in [5.41, 5.74) is 0.177. The molecule has 0 aliphatic carbocycles. The van der Waals surface area contributed by atoms with Crippen molar-refractivity contribution in [2.24, 2.45) is 0 Å². The first-order valence-corrected chi connectivity index (χ1v) is 9.63. The van der Waals surface area contributed by atoms with Gasteiger partial charge in [-0.25, -0.2) is 12.8 Å². The summed E-state index contributed by atoms with van der Waals surface area (Å²) in [7, 11) is -4.06. The van der Waals surface area contributed by atoms with Crippen molar-refractivity contribution in [3.05, 3.63) is 71.0 Å². The zero-order chi connectivity index (χ0) is 20.9. The molecule has 28 heavy (non-hydrogen) atoms. The van der Waals surface area contributed by atoms with Crippen LogP contribution in [0.2, 0.25) is 0 Å². The van der Waals surface area contributed by atoms with Gasteiger partial charge < -0.3 is 5.32 Å². The summed E-state index contributed by atoms with van der Waals surface area (Å²) < 4.78 is 76.9. The molecule has 10 heteroatoms. The van der Waals surface area contributed by atoms with E-state index in [0.29, 0.717) is 5.56 Å². The number of nitrogens with one attached hydrogen (secondary N) is 1. The van der Waals surface area contributed by atoms with Gasteiger partial charge in [-0.15, -0.1) is 0 Å². The van der Waals surface area contributed by atoms with Gasteiger partial charge in [-0.05, 0) is 35.4 Å². The number of hydrogen-bond donors (Lipinski definition) is 1. The lowest BCUT2D eigenvalue weighted by atomic mass is 10.1. The van der Waals surface area contributed by atoms with Crippen LogP contribution in [0.1, 0.15) is 22.7 Å². The number of sulfone groups is 1. The zero-order valence-electron chi connectivity index (χ0n) is 14.2. The molecule has 1 amide bonds. The third-order valence-corrected chi connectivity index (χ3v) is 5.13. The number of halogens is 4. The molecule has 2 aromatic rings. The number of hydrogen-bond acceptors (Lipinski definition) is 4. The minimum Gasteiger partial charge on any atom is -0.340 e. The van der Waals surface area contributed by atoms with Gasteiger partial charge in [0, 0.05) is 0 Å². The van der Waals surface area contributed by atoms with Crippen molar-refractivity contribution in [2.45, 2.75) is 18.0 Å². The highest BCUT2D eigenvalue weighted by atomic mass is 32.2. The highest BCUT2D eigenvalue weighted by molar-refractivity contribution is 7.91. The summed E-state index contributed by atoms with van der Waals surface area (Å²) in [4.78, 5) is 11.9. The van der Waals surface area contributed by atoms with E-state index in [-0.39, 0.29) is 5.56 Å². The second-order valence-corrected chi connectivity index (χ2v) is 8.00. The van der Waals surface area contributed by atoms with Crippen LogP contribution in [0.25, 0.3) is 0 Å². The fourth-order valence-corrected chi connectivity index (χ4v) is 3.68. The Bertz CT molecular complexity index is 979. The fourth-order valence-electron chi connectivity index (χ4n) is 2.39. The van der Waals surface area contributed by atoms with Gasteiger partial charge in [0.1, 0.15) is 11.6 Å². The van der Waals surface area contributed by atoms with Gasteiger partial charge in [-0.1, -0.05) is 24.3 Å². The monoisotopic (exact) mass is 414 g/mol. The third kappa shape index (κ3) is 6.06. The van der Waals surface area contributed by atoms with Gasteiger partial charge >= 0.3 is 6.18 Å². The van der Waals surface area contributed by atoms with Crippen LogP contribution >= 0.6 is 0 Å². The molecule has 0 saturated heterocycles. The highest BCUT2D eigenvalue weighted by Gasteiger charge is 2.42. The summed E-state index contributed by atoms with van der Waals surface area (Å²) >= 11 is 0. The number of amides is 1. The lowest BCUT2D eigenvalue weighted by Gasteiger charge is -2.22. The Morgan fingerprint density at radius 1 is 1.07 bits per heavy atom. The summed E-state index contributed by atoms with van der Waals surface area (Å²) in [5, 5.41) is 10.3. The Morgan fingerprint density at radius 2 is 1.64 bits per heavy atom. The smallest absolute Gasteiger partial charge is 0.340 e. The predicted molar refractivity (Wildman–Crippen MR) is 92.0 cm³/mol. The first-order chi connectivity index (χ1) is 13.0. The largest absolute Gasteiger partial charge is 0.412 e. The molecule has 2 rings (SSSR count). The van der Waals surface area contributed by atoms with Crippen LogP contribution in [0.15, 0.2) is 48.5 Å². The van der Waals surface area contributed by atoms with Crippen molar-refractivity contribution in [1.82, 2.24) is 5.32 Å². The first-order valence-electron chi connectivity index (χ1n) is 7.81. The minimum absolute atomic E-state index is 0.290. The van der Waals surface area contributed by atoms with Crippen LogP contribution in [0.5, 0.6) is 0 Å². The molecule has 1 atom stereocenters. The van der Waals surface area contributed by atoms with Gasteiger partial charge in [0.25, 0.3) is 0 Å². The van der Waals surface area contributed by atoms with Crippen LogP contribution in [0, 0.1) is 17.1 Å². The van der Waals surface area contributed by atoms with E-state index in [0.717, 1.165) is 24.3 Å². The normalized spacial score (nSPS) is 12.8. The topological polar surface area (TPSA) is 87.0 Å². The number of nitriles is 1. The molecular formula is C18H14F4N2O3S. The Morgan fingerprint density at radius 3 is 2.14 bits per heavy atom. The molecule has 1 N–H and O–H groups in total. The molecule has 148 valence electrons. The highest BCUT2D eigenvalue weighted by Crippen LogP contribution is 2.32. The van der Waals surface area contributed by atoms with E-state index in [1.807, 2.05) is 6.07 Å². The molecule has 5 nitrogen and oxygen atoms in total. The van der Waals surface area contributed by atoms with E-state index in [1.165, 1.54) is 24.3 Å². The molecule has 0 saturated carbocycles. The SMILES string of the molecule is N#Cc1ccc(CS(=O)(=O)CC(=O)NC(c2ccc(F)cc2)C(F)(F)F)cc1. The summed E-state index contributed by atoms with van der Waals surface area (Å²) in [6, 6.07) is 8.26. The standard InChI is InChI=1S/C18H14F4N2O3S/c19-15-7-5-14(6-8-15)17(18(20,21)22)24-16(25)11-28(26,27)10-13-3-1-12(9-23)2-4-13/h1-8,17H,10-11H2,(H,24,25). The fraction of sp³-hybridized carbons (Fsp3) is 0.222. The Labute approximate surface area is 158 Å². The second-order valence-electron chi connectivity index (χ2n) is 5.93. The molecule has 0 heterocycles. The molecule has 0 spiro atoms. The molecule has 0 radical (unpaired) electrons. The predicted octanol–water partition coefficient (Wildman–Crippen LogP) is 3.03. The van der Waals surface area contributed by atoms with Crippen molar-refractivity contribution in [3.8, 4) is 6.07 Å². The van der Waals surface area contributed by atoms with E-state index in [2.05, 4.69) is 0 Å². The summed E-state index contributed by atoms with van der Waals surface area (Å²) in [5.74, 6) is -3.80. The van der Waals surface area contributed by atoms with Crippen LogP contribution in [0.3, 0.4) is 0 Å². The van der Waals surface area contributed by atoms with E-state index in [1.54, 1.807) is 5.32 Å². The molecule has 0 fully saturated rings. The van der Waals surface area contributed by atoms with Crippen LogP contribution < -0.4 is 5.32 Å². The average molecular weight is 414 g/mol. The van der Waals surface area contributed by atoms with Crippen molar-refractivity contribution < 1.29 is 30.8 Å². The van der Waals surface area contributed by atoms with Gasteiger partial charge in [0.05, 0.1) is 17.4 Å². The van der Waals surface area contributed by atoms with E-state index >= 15 is 0 Å². The summed E-state index contributed by atoms with van der Waals surface area (Å²) in [6.07, 6.45) is -4.90. The zero-order valence-corrected chi connectivity index (χ0v) is 15.0. The van der Waals surface area contributed by atoms with E-state index in [4.69, 9.17) is 5.26 Å². The van der Waals surface area contributed by atoms with Gasteiger partial charge in [-0.3, -0.25) is 4.79 Å². The molecule has 1 unspecified atom stereocenters. The second kappa shape index (κ2) is 8.39. The lowest BCUT2D eigenvalue weighted by molar-refractivity contribution is -0.162. The maximum Gasteiger partial charge on any atom is 0.412 e. The maximum atomic E-state index is 13.2. The minimum atomic E-state index is -4.90. The number of benzene rings is 2. The Hall–Kier alpha value is -2.93. The molecule has 0 aromatic heterocycles. The van der Waals surface area contributed by atoms with E-state index < -0.39 is 50.8 Å². The maximum absolute atomic E-state index is 13.2. The number of carbonyl (C=O) groups is 1. The quantitative estimate of drug-likeness (QED) is 0.736. The van der Waals surface area contributed by atoms with Gasteiger partial charge in [-0.2, -0.15) is 18.4 Å². The molecular weight excluding hydrogens is 400 g/mol. The average Bonchev–Trinajstić information content (AvgIpc) is 2.59. The number of alkyl halides is 3.